The molecule has 1 saturated heterocycles. The number of carbonyl (C=O) groups is 1. The van der Waals surface area contributed by atoms with Crippen LogP contribution < -0.4 is 0 Å². The maximum absolute atomic E-state index is 12.0. The van der Waals surface area contributed by atoms with Gasteiger partial charge in [-0.2, -0.15) is 0 Å². The fraction of sp³-hybridized carbons (Fsp3) is 0.909. The van der Waals surface area contributed by atoms with E-state index in [1.54, 1.807) is 5.06 Å². The summed E-state index contributed by atoms with van der Waals surface area (Å²) in [6, 6.07) is 0. The van der Waals surface area contributed by atoms with Gasteiger partial charge in [0.05, 0.1) is 6.61 Å². The van der Waals surface area contributed by atoms with E-state index >= 15 is 0 Å². The first-order valence-corrected chi connectivity index (χ1v) is 5.82. The Labute approximate surface area is 85.4 Å². The summed E-state index contributed by atoms with van der Waals surface area (Å²) in [7, 11) is 0. The molecule has 0 atom stereocenters. The summed E-state index contributed by atoms with van der Waals surface area (Å²) >= 11 is 0. The molecule has 14 heavy (non-hydrogen) atoms. The van der Waals surface area contributed by atoms with E-state index in [0.717, 1.165) is 38.8 Å². The molecule has 0 bridgehead atoms. The molecule has 0 N–H and O–H groups in total. The van der Waals surface area contributed by atoms with E-state index in [1.807, 2.05) is 0 Å². The monoisotopic (exact) mass is 197 g/mol. The second-order valence-electron chi connectivity index (χ2n) is 4.32. The summed E-state index contributed by atoms with van der Waals surface area (Å²) in [5.74, 6) is 0.492. The zero-order valence-electron chi connectivity index (χ0n) is 8.71. The molecule has 0 radical (unpaired) electrons. The van der Waals surface area contributed by atoms with Crippen LogP contribution in [0.4, 0.5) is 0 Å². The fourth-order valence-corrected chi connectivity index (χ4v) is 2.32. The number of nitrogens with zero attached hydrogens (tertiary/aromatic N) is 1. The van der Waals surface area contributed by atoms with Gasteiger partial charge in [-0.25, -0.2) is 5.06 Å². The van der Waals surface area contributed by atoms with Crippen molar-refractivity contribution in [3.63, 3.8) is 0 Å². The van der Waals surface area contributed by atoms with E-state index in [4.69, 9.17) is 4.84 Å². The maximum Gasteiger partial charge on any atom is 0.249 e. The minimum atomic E-state index is 0.240. The number of hydroxylamine groups is 2. The highest BCUT2D eigenvalue weighted by Crippen LogP contribution is 2.26. The van der Waals surface area contributed by atoms with Gasteiger partial charge < -0.3 is 0 Å². The smallest absolute Gasteiger partial charge is 0.249 e. The fourth-order valence-electron chi connectivity index (χ4n) is 2.32. The van der Waals surface area contributed by atoms with E-state index in [1.165, 1.54) is 19.3 Å². The third kappa shape index (κ3) is 2.27. The van der Waals surface area contributed by atoms with E-state index in [0.29, 0.717) is 0 Å². The molecule has 1 aliphatic carbocycles. The highest BCUT2D eigenvalue weighted by atomic mass is 16.7. The molecule has 0 aromatic rings. The topological polar surface area (TPSA) is 29.5 Å². The van der Waals surface area contributed by atoms with E-state index < -0.39 is 0 Å². The molecule has 2 rings (SSSR count). The predicted molar refractivity (Wildman–Crippen MR) is 53.5 cm³/mol. The average Bonchev–Trinajstić information content (AvgIpc) is 2.30. The molecular weight excluding hydrogens is 178 g/mol. The standard InChI is InChI=1S/C11H19NO2/c13-11(10-6-2-1-3-7-10)12-8-4-5-9-14-12/h10H,1-9H2. The van der Waals surface area contributed by atoms with Crippen molar-refractivity contribution in [3.05, 3.63) is 0 Å². The second-order valence-corrected chi connectivity index (χ2v) is 4.32. The largest absolute Gasteiger partial charge is 0.272 e. The van der Waals surface area contributed by atoms with E-state index in [9.17, 15) is 4.79 Å². The van der Waals surface area contributed by atoms with Crippen molar-refractivity contribution in [1.82, 2.24) is 5.06 Å². The summed E-state index contributed by atoms with van der Waals surface area (Å²) in [5, 5.41) is 1.61. The lowest BCUT2D eigenvalue weighted by Gasteiger charge is -2.30. The van der Waals surface area contributed by atoms with Crippen LogP contribution in [0.1, 0.15) is 44.9 Å². The third-order valence-corrected chi connectivity index (χ3v) is 3.20. The number of rotatable bonds is 1. The van der Waals surface area contributed by atoms with Gasteiger partial charge in [-0.1, -0.05) is 19.3 Å². The third-order valence-electron chi connectivity index (χ3n) is 3.20. The number of carbonyl (C=O) groups excluding carboxylic acids is 1. The molecule has 0 aromatic carbocycles. The zero-order chi connectivity index (χ0) is 9.80. The summed E-state index contributed by atoms with van der Waals surface area (Å²) in [6.07, 6.45) is 8.05. The molecule has 2 fully saturated rings. The second kappa shape index (κ2) is 4.78. The Hall–Kier alpha value is -0.570. The van der Waals surface area contributed by atoms with Gasteiger partial charge in [0.1, 0.15) is 0 Å². The van der Waals surface area contributed by atoms with Crippen LogP contribution in [0.25, 0.3) is 0 Å². The molecular formula is C11H19NO2. The highest BCUT2D eigenvalue weighted by Gasteiger charge is 2.27. The van der Waals surface area contributed by atoms with Crippen molar-refractivity contribution in [2.45, 2.75) is 44.9 Å². The van der Waals surface area contributed by atoms with Crippen LogP contribution in [0.3, 0.4) is 0 Å². The van der Waals surface area contributed by atoms with Crippen LogP contribution in [0.5, 0.6) is 0 Å². The van der Waals surface area contributed by atoms with E-state index in [-0.39, 0.29) is 11.8 Å². The van der Waals surface area contributed by atoms with Crippen molar-refractivity contribution in [3.8, 4) is 0 Å². The number of amides is 1. The summed E-state index contributed by atoms with van der Waals surface area (Å²) in [5.41, 5.74) is 0. The van der Waals surface area contributed by atoms with Gasteiger partial charge in [0.25, 0.3) is 0 Å². The van der Waals surface area contributed by atoms with Crippen LogP contribution in [0.2, 0.25) is 0 Å². The van der Waals surface area contributed by atoms with Crippen LogP contribution in [-0.2, 0) is 9.63 Å². The highest BCUT2D eigenvalue weighted by molar-refractivity contribution is 5.77. The number of hydrogen-bond acceptors (Lipinski definition) is 2. The van der Waals surface area contributed by atoms with Gasteiger partial charge in [-0.3, -0.25) is 9.63 Å². The Morgan fingerprint density at radius 2 is 1.86 bits per heavy atom. The van der Waals surface area contributed by atoms with Gasteiger partial charge in [0, 0.05) is 12.5 Å². The van der Waals surface area contributed by atoms with Crippen LogP contribution in [0.15, 0.2) is 0 Å². The molecule has 1 aliphatic heterocycles. The molecule has 0 spiro atoms. The molecule has 0 unspecified atom stereocenters. The Morgan fingerprint density at radius 1 is 1.07 bits per heavy atom. The Bertz CT molecular complexity index is 173. The van der Waals surface area contributed by atoms with Gasteiger partial charge in [-0.05, 0) is 25.7 Å². The normalized spacial score (nSPS) is 25.0. The van der Waals surface area contributed by atoms with Crippen LogP contribution in [-0.4, -0.2) is 24.1 Å². The molecule has 3 heteroatoms. The molecule has 0 aromatic heterocycles. The van der Waals surface area contributed by atoms with Crippen molar-refractivity contribution < 1.29 is 9.63 Å². The van der Waals surface area contributed by atoms with Crippen molar-refractivity contribution in [2.75, 3.05) is 13.2 Å². The minimum absolute atomic E-state index is 0.240. The molecule has 80 valence electrons. The summed E-state index contributed by atoms with van der Waals surface area (Å²) in [4.78, 5) is 17.3. The van der Waals surface area contributed by atoms with Gasteiger partial charge in [0.15, 0.2) is 0 Å². The average molecular weight is 197 g/mol. The number of hydrogen-bond donors (Lipinski definition) is 0. The van der Waals surface area contributed by atoms with Gasteiger partial charge in [0.2, 0.25) is 5.91 Å². The summed E-state index contributed by atoms with van der Waals surface area (Å²) < 4.78 is 0. The maximum atomic E-state index is 12.0. The molecule has 1 heterocycles. The van der Waals surface area contributed by atoms with Crippen molar-refractivity contribution in [1.29, 1.82) is 0 Å². The first kappa shape index (κ1) is 9.97. The van der Waals surface area contributed by atoms with Gasteiger partial charge >= 0.3 is 0 Å². The Kier molecular flexibility index (Phi) is 3.40. The Balaban J connectivity index is 1.85. The van der Waals surface area contributed by atoms with Gasteiger partial charge in [-0.15, -0.1) is 0 Å². The van der Waals surface area contributed by atoms with Crippen LogP contribution >= 0.6 is 0 Å². The summed E-state index contributed by atoms with van der Waals surface area (Å²) in [6.45, 7) is 1.52. The molecule has 1 saturated carbocycles. The van der Waals surface area contributed by atoms with Crippen molar-refractivity contribution in [2.24, 2.45) is 5.92 Å². The molecule has 1 amide bonds. The van der Waals surface area contributed by atoms with E-state index in [2.05, 4.69) is 0 Å². The quantitative estimate of drug-likeness (QED) is 0.644. The predicted octanol–water partition coefficient (Wildman–Crippen LogP) is 2.12. The van der Waals surface area contributed by atoms with Crippen molar-refractivity contribution >= 4 is 5.91 Å². The Morgan fingerprint density at radius 3 is 2.50 bits per heavy atom. The molecule has 2 aliphatic rings. The SMILES string of the molecule is O=C(C1CCCCC1)N1CCCCO1. The first-order valence-electron chi connectivity index (χ1n) is 5.82. The lowest BCUT2D eigenvalue weighted by molar-refractivity contribution is -0.202. The van der Waals surface area contributed by atoms with Crippen LogP contribution in [0, 0.1) is 5.92 Å². The lowest BCUT2D eigenvalue weighted by atomic mass is 9.88. The first-order chi connectivity index (χ1) is 6.88. The molecule has 3 nitrogen and oxygen atoms in total. The lowest BCUT2D eigenvalue weighted by Crippen LogP contribution is -2.40. The minimum Gasteiger partial charge on any atom is -0.272 e. The zero-order valence-corrected chi connectivity index (χ0v) is 8.71.